The van der Waals surface area contributed by atoms with E-state index in [4.69, 9.17) is 0 Å². The van der Waals surface area contributed by atoms with Crippen LogP contribution in [0.25, 0.3) is 0 Å². The van der Waals surface area contributed by atoms with Gasteiger partial charge in [-0.3, -0.25) is 4.90 Å². The Balaban J connectivity index is 3.65. The van der Waals surface area contributed by atoms with E-state index in [2.05, 4.69) is 19.2 Å². The molecule has 0 aromatic heterocycles. The number of nitrogens with one attached hydrogen (secondary N) is 1. The lowest BCUT2D eigenvalue weighted by atomic mass is 10.2. The molecular formula is C14H29F3N2. The summed E-state index contributed by atoms with van der Waals surface area (Å²) in [4.78, 5) is 1.50. The van der Waals surface area contributed by atoms with Gasteiger partial charge < -0.3 is 5.32 Å². The summed E-state index contributed by atoms with van der Waals surface area (Å²) in [6, 6.07) is -0.0549. The first-order chi connectivity index (χ1) is 8.72. The van der Waals surface area contributed by atoms with Gasteiger partial charge in [-0.25, -0.2) is 0 Å². The van der Waals surface area contributed by atoms with Crippen molar-refractivity contribution in [1.82, 2.24) is 10.2 Å². The molecule has 2 nitrogen and oxygen atoms in total. The van der Waals surface area contributed by atoms with Gasteiger partial charge >= 0.3 is 6.18 Å². The summed E-state index contributed by atoms with van der Waals surface area (Å²) in [6.45, 7) is 9.64. The van der Waals surface area contributed by atoms with Crippen LogP contribution in [0, 0.1) is 5.92 Å². The fraction of sp³-hybridized carbons (Fsp3) is 1.00. The van der Waals surface area contributed by atoms with Crippen molar-refractivity contribution in [2.45, 2.75) is 59.2 Å². The van der Waals surface area contributed by atoms with Crippen LogP contribution in [-0.4, -0.2) is 43.3 Å². The first-order valence-electron chi connectivity index (χ1n) is 7.24. The maximum absolute atomic E-state index is 12.4. The highest BCUT2D eigenvalue weighted by molar-refractivity contribution is 4.67. The second-order valence-corrected chi connectivity index (χ2v) is 5.84. The number of rotatable bonds is 10. The Morgan fingerprint density at radius 3 is 2.11 bits per heavy atom. The molecule has 0 aliphatic carbocycles. The fourth-order valence-corrected chi connectivity index (χ4v) is 1.88. The Morgan fingerprint density at radius 1 is 1.00 bits per heavy atom. The van der Waals surface area contributed by atoms with Crippen LogP contribution in [0.5, 0.6) is 0 Å². The molecule has 0 radical (unpaired) electrons. The van der Waals surface area contributed by atoms with Crippen LogP contribution in [-0.2, 0) is 0 Å². The minimum Gasteiger partial charge on any atom is -0.316 e. The highest BCUT2D eigenvalue weighted by Gasteiger charge is 2.31. The lowest BCUT2D eigenvalue weighted by Crippen LogP contribution is -2.39. The lowest BCUT2D eigenvalue weighted by molar-refractivity contribution is -0.149. The van der Waals surface area contributed by atoms with Crippen LogP contribution in [0.3, 0.4) is 0 Å². The van der Waals surface area contributed by atoms with E-state index >= 15 is 0 Å². The number of halogens is 3. The third-order valence-corrected chi connectivity index (χ3v) is 2.96. The third-order valence-electron chi connectivity index (χ3n) is 2.96. The first-order valence-corrected chi connectivity index (χ1v) is 7.24. The Kier molecular flexibility index (Phi) is 9.44. The van der Waals surface area contributed by atoms with E-state index in [1.54, 1.807) is 0 Å². The van der Waals surface area contributed by atoms with E-state index in [9.17, 15) is 13.2 Å². The molecule has 0 saturated carbocycles. The molecule has 0 fully saturated rings. The molecule has 5 heteroatoms. The summed E-state index contributed by atoms with van der Waals surface area (Å²) in [7, 11) is 0. The summed E-state index contributed by atoms with van der Waals surface area (Å²) in [5.74, 6) is 0.642. The van der Waals surface area contributed by atoms with Gasteiger partial charge in [0.05, 0.1) is 6.54 Å². The van der Waals surface area contributed by atoms with Crippen LogP contribution in [0.15, 0.2) is 0 Å². The number of nitrogens with zero attached hydrogens (tertiary/aromatic N) is 1. The summed E-state index contributed by atoms with van der Waals surface area (Å²) >= 11 is 0. The van der Waals surface area contributed by atoms with Gasteiger partial charge in [0.2, 0.25) is 0 Å². The van der Waals surface area contributed by atoms with Gasteiger partial charge in [0, 0.05) is 6.04 Å². The van der Waals surface area contributed by atoms with Crippen LogP contribution in [0.1, 0.15) is 47.0 Å². The lowest BCUT2D eigenvalue weighted by Gasteiger charge is -2.27. The van der Waals surface area contributed by atoms with Crippen molar-refractivity contribution in [3.05, 3.63) is 0 Å². The fourth-order valence-electron chi connectivity index (χ4n) is 1.88. The van der Waals surface area contributed by atoms with Crippen molar-refractivity contribution in [1.29, 1.82) is 0 Å². The number of hydrogen-bond donors (Lipinski definition) is 1. The molecule has 0 aliphatic rings. The summed E-state index contributed by atoms with van der Waals surface area (Å²) in [6.07, 6.45) is -1.25. The molecule has 0 bridgehead atoms. The van der Waals surface area contributed by atoms with Gasteiger partial charge in [-0.15, -0.1) is 0 Å². The summed E-state index contributed by atoms with van der Waals surface area (Å²) in [5.41, 5.74) is 0. The minimum atomic E-state index is -4.09. The Bertz CT molecular complexity index is 215. The zero-order valence-corrected chi connectivity index (χ0v) is 12.7. The van der Waals surface area contributed by atoms with Gasteiger partial charge in [0.25, 0.3) is 0 Å². The van der Waals surface area contributed by atoms with E-state index < -0.39 is 12.7 Å². The second kappa shape index (κ2) is 9.59. The maximum Gasteiger partial charge on any atom is 0.401 e. The molecule has 0 aliphatic heterocycles. The Hall–Kier alpha value is -0.290. The Labute approximate surface area is 115 Å². The smallest absolute Gasteiger partial charge is 0.316 e. The highest BCUT2D eigenvalue weighted by Crippen LogP contribution is 2.18. The summed E-state index contributed by atoms with van der Waals surface area (Å²) in [5, 5.41) is 3.34. The first kappa shape index (κ1) is 18.7. The molecule has 0 amide bonds. The van der Waals surface area contributed by atoms with Crippen molar-refractivity contribution in [2.75, 3.05) is 26.2 Å². The van der Waals surface area contributed by atoms with Crippen LogP contribution >= 0.6 is 0 Å². The second-order valence-electron chi connectivity index (χ2n) is 5.84. The average Bonchev–Trinajstić information content (AvgIpc) is 2.23. The zero-order chi connectivity index (χ0) is 14.9. The molecule has 0 rings (SSSR count). The highest BCUT2D eigenvalue weighted by atomic mass is 19.4. The third kappa shape index (κ3) is 12.5. The zero-order valence-electron chi connectivity index (χ0n) is 12.7. The van der Waals surface area contributed by atoms with Gasteiger partial charge in [-0.1, -0.05) is 20.3 Å². The normalized spacial score (nSPS) is 12.9. The van der Waals surface area contributed by atoms with Crippen molar-refractivity contribution < 1.29 is 13.2 Å². The topological polar surface area (TPSA) is 15.3 Å². The van der Waals surface area contributed by atoms with Crippen molar-refractivity contribution in [2.24, 2.45) is 5.92 Å². The minimum absolute atomic E-state index is 0.0549. The molecule has 0 unspecified atom stereocenters. The van der Waals surface area contributed by atoms with E-state index in [-0.39, 0.29) is 6.04 Å². The monoisotopic (exact) mass is 282 g/mol. The number of unbranched alkanes of at least 4 members (excludes halogenated alkanes) is 2. The molecule has 19 heavy (non-hydrogen) atoms. The van der Waals surface area contributed by atoms with Crippen molar-refractivity contribution >= 4 is 0 Å². The molecular weight excluding hydrogens is 253 g/mol. The SMILES string of the molecule is CC(C)CNCCCCCN(CC(F)(F)F)C(C)C. The summed E-state index contributed by atoms with van der Waals surface area (Å²) < 4.78 is 37.1. The van der Waals surface area contributed by atoms with Gasteiger partial charge in [-0.2, -0.15) is 13.2 Å². The molecule has 0 aromatic rings. The molecule has 116 valence electrons. The molecule has 0 atom stereocenters. The molecule has 0 spiro atoms. The number of alkyl halides is 3. The van der Waals surface area contributed by atoms with Crippen LogP contribution < -0.4 is 5.32 Å². The van der Waals surface area contributed by atoms with Gasteiger partial charge in [-0.05, 0) is 52.2 Å². The van der Waals surface area contributed by atoms with Crippen molar-refractivity contribution in [3.63, 3.8) is 0 Å². The van der Waals surface area contributed by atoms with E-state index in [0.29, 0.717) is 12.5 Å². The van der Waals surface area contributed by atoms with Crippen LogP contribution in [0.4, 0.5) is 13.2 Å². The van der Waals surface area contributed by atoms with E-state index in [1.165, 1.54) is 4.90 Å². The van der Waals surface area contributed by atoms with E-state index in [1.807, 2.05) is 13.8 Å². The predicted octanol–water partition coefficient (Wildman–Crippen LogP) is 3.68. The quantitative estimate of drug-likeness (QED) is 0.615. The Morgan fingerprint density at radius 2 is 1.63 bits per heavy atom. The number of hydrogen-bond acceptors (Lipinski definition) is 2. The molecule has 0 aromatic carbocycles. The van der Waals surface area contributed by atoms with Gasteiger partial charge in [0.1, 0.15) is 0 Å². The molecule has 0 saturated heterocycles. The predicted molar refractivity (Wildman–Crippen MR) is 74.3 cm³/mol. The van der Waals surface area contributed by atoms with Gasteiger partial charge in [0.15, 0.2) is 0 Å². The standard InChI is InChI=1S/C14H29F3N2/c1-12(2)10-18-8-6-5-7-9-19(13(3)4)11-14(15,16)17/h12-13,18H,5-11H2,1-4H3. The maximum atomic E-state index is 12.4. The molecule has 0 heterocycles. The van der Waals surface area contributed by atoms with Crippen molar-refractivity contribution in [3.8, 4) is 0 Å². The molecule has 1 N–H and O–H groups in total. The van der Waals surface area contributed by atoms with E-state index in [0.717, 1.165) is 32.4 Å². The average molecular weight is 282 g/mol. The van der Waals surface area contributed by atoms with Crippen LogP contribution in [0.2, 0.25) is 0 Å². The largest absolute Gasteiger partial charge is 0.401 e.